The van der Waals surface area contributed by atoms with E-state index in [0.717, 1.165) is 34.8 Å². The molecule has 2 aromatic heterocycles. The zero-order chi connectivity index (χ0) is 17.1. The molecule has 0 radical (unpaired) electrons. The largest absolute Gasteiger partial charge is 0.390 e. The number of hydrogen-bond donors (Lipinski definition) is 2. The first-order valence-corrected chi connectivity index (χ1v) is 9.80. The lowest BCUT2D eigenvalue weighted by molar-refractivity contribution is -0.913. The number of fused-ring (bicyclic) bond motifs is 2. The van der Waals surface area contributed by atoms with Gasteiger partial charge in [0.2, 0.25) is 0 Å². The molecule has 0 aliphatic carbocycles. The van der Waals surface area contributed by atoms with Crippen LogP contribution in [0, 0.1) is 0 Å². The van der Waals surface area contributed by atoms with Crippen LogP contribution in [0.2, 0.25) is 0 Å². The topological polar surface area (TPSA) is 60.4 Å². The van der Waals surface area contributed by atoms with Crippen LogP contribution in [0.25, 0.3) is 20.8 Å². The van der Waals surface area contributed by atoms with Gasteiger partial charge >= 0.3 is 0 Å². The van der Waals surface area contributed by atoms with Gasteiger partial charge in [-0.25, -0.2) is 4.98 Å². The van der Waals surface area contributed by atoms with Gasteiger partial charge in [-0.2, -0.15) is 0 Å². The van der Waals surface area contributed by atoms with E-state index in [1.165, 1.54) is 40.7 Å². The molecule has 0 spiro atoms. The normalized spacial score (nSPS) is 16.3. The van der Waals surface area contributed by atoms with Gasteiger partial charge in [-0.1, -0.05) is 12.1 Å². The Balaban J connectivity index is 0.000000526. The average molecular weight is 361 g/mol. The lowest BCUT2D eigenvalue weighted by Gasteiger charge is -2.22. The summed E-state index contributed by atoms with van der Waals surface area (Å²) < 4.78 is 1.24. The van der Waals surface area contributed by atoms with Gasteiger partial charge in [-0.3, -0.25) is 0 Å². The molecule has 6 heteroatoms. The van der Waals surface area contributed by atoms with Crippen molar-refractivity contribution in [2.24, 2.45) is 0 Å². The molecule has 1 atom stereocenters. The van der Waals surface area contributed by atoms with Gasteiger partial charge in [0.1, 0.15) is 17.8 Å². The van der Waals surface area contributed by atoms with E-state index < -0.39 is 0 Å². The van der Waals surface area contributed by atoms with Crippen molar-refractivity contribution >= 4 is 44.2 Å². The van der Waals surface area contributed by atoms with Crippen LogP contribution in [-0.4, -0.2) is 24.4 Å². The van der Waals surface area contributed by atoms with E-state index in [1.54, 1.807) is 27.6 Å². The van der Waals surface area contributed by atoms with Crippen LogP contribution in [0.5, 0.6) is 0 Å². The number of thiophene rings is 1. The summed E-state index contributed by atoms with van der Waals surface area (Å²) in [6, 6.07) is 8.32. The number of hydrogen-bond acceptors (Lipinski definition) is 5. The van der Waals surface area contributed by atoms with E-state index in [9.17, 15) is 0 Å². The second-order valence-corrected chi connectivity index (χ2v) is 7.91. The second-order valence-electron chi connectivity index (χ2n) is 5.75. The first kappa shape index (κ1) is 17.1. The Morgan fingerprint density at radius 3 is 2.79 bits per heavy atom. The maximum absolute atomic E-state index is 8.81. The van der Waals surface area contributed by atoms with Crippen LogP contribution in [0.1, 0.15) is 24.3 Å². The Kier molecular flexibility index (Phi) is 5.28. The maximum Gasteiger partial charge on any atom is 0.127 e. The summed E-state index contributed by atoms with van der Waals surface area (Å²) in [5.74, 6) is 0. The summed E-state index contributed by atoms with van der Waals surface area (Å²) in [6.07, 6.45) is 1.87. The molecule has 1 aliphatic rings. The van der Waals surface area contributed by atoms with E-state index in [1.807, 2.05) is 6.07 Å². The van der Waals surface area contributed by atoms with Gasteiger partial charge < -0.3 is 15.4 Å². The number of quaternary nitrogens is 1. The Labute approximate surface area is 149 Å². The minimum atomic E-state index is 0.750. The minimum absolute atomic E-state index is 0.750. The molecular weight excluding hydrogens is 338 g/mol. The van der Waals surface area contributed by atoms with Crippen molar-refractivity contribution in [2.45, 2.75) is 26.8 Å². The van der Waals surface area contributed by atoms with E-state index in [0.29, 0.717) is 0 Å². The molecule has 0 fully saturated rings. The number of benzene rings is 1. The van der Waals surface area contributed by atoms with Crippen LogP contribution < -0.4 is 10.6 Å². The van der Waals surface area contributed by atoms with Crippen molar-refractivity contribution in [2.75, 3.05) is 18.8 Å². The van der Waals surface area contributed by atoms with Crippen LogP contribution in [0.15, 0.2) is 24.3 Å². The monoisotopic (exact) mass is 360 g/mol. The lowest BCUT2D eigenvalue weighted by atomic mass is 10.0. The smallest absolute Gasteiger partial charge is 0.127 e. The molecule has 1 aliphatic heterocycles. The number of likely N-dealkylation sites (N-methyl/N-ethyl adjacent to an activating group) is 1. The number of anilines is 1. The average Bonchev–Trinajstić information content (AvgIpc) is 3.14. The lowest BCUT2D eigenvalue weighted by Crippen LogP contribution is -3.11. The van der Waals surface area contributed by atoms with Gasteiger partial charge in [0.05, 0.1) is 33.2 Å². The SMILES string of the molecule is CC=O.CC[NH+]1CCc2c(sc(N)c2-c2nc3ccccc3s2)C1. The van der Waals surface area contributed by atoms with Crippen molar-refractivity contribution in [3.05, 3.63) is 34.7 Å². The minimum Gasteiger partial charge on any atom is -0.390 e. The molecule has 0 saturated heterocycles. The third-order valence-corrected chi connectivity index (χ3v) is 6.38. The number of carbonyl (C=O) groups is 1. The number of nitrogen functional groups attached to an aromatic ring is 1. The highest BCUT2D eigenvalue weighted by atomic mass is 32.1. The van der Waals surface area contributed by atoms with Gasteiger partial charge in [0.25, 0.3) is 0 Å². The van der Waals surface area contributed by atoms with E-state index in [4.69, 9.17) is 15.5 Å². The van der Waals surface area contributed by atoms with Crippen molar-refractivity contribution < 1.29 is 9.69 Å². The number of rotatable bonds is 2. The first-order valence-electron chi connectivity index (χ1n) is 8.17. The standard InChI is InChI=1S/C16H17N3S2.C2H4O/c1-2-19-8-7-10-13(9-19)20-15(17)14(10)16-18-11-5-3-4-6-12(11)21-16;1-2-3/h3-6H,2,7-9,17H2,1H3;2H,1H3/p+1. The number of aromatic nitrogens is 1. The Hall–Kier alpha value is -1.76. The summed E-state index contributed by atoms with van der Waals surface area (Å²) >= 11 is 3.52. The van der Waals surface area contributed by atoms with Crippen LogP contribution >= 0.6 is 22.7 Å². The molecule has 0 bridgehead atoms. The molecule has 3 heterocycles. The molecular formula is C18H22N3OS2+. The van der Waals surface area contributed by atoms with Gasteiger partial charge in [0, 0.05) is 12.0 Å². The summed E-state index contributed by atoms with van der Waals surface area (Å²) in [4.78, 5) is 16.7. The molecule has 4 rings (SSSR count). The number of nitrogens with two attached hydrogens (primary N) is 1. The third kappa shape index (κ3) is 3.22. The van der Waals surface area contributed by atoms with E-state index in [2.05, 4.69) is 25.1 Å². The second kappa shape index (κ2) is 7.42. The summed E-state index contributed by atoms with van der Waals surface area (Å²) in [5, 5.41) is 2.03. The predicted octanol–water partition coefficient (Wildman–Crippen LogP) is 2.77. The van der Waals surface area contributed by atoms with Crippen molar-refractivity contribution in [3.8, 4) is 10.6 Å². The zero-order valence-corrected chi connectivity index (χ0v) is 15.6. The number of aldehydes is 1. The Bertz CT molecular complexity index is 820. The molecule has 0 amide bonds. The Morgan fingerprint density at radius 2 is 2.08 bits per heavy atom. The Morgan fingerprint density at radius 1 is 1.33 bits per heavy atom. The highest BCUT2D eigenvalue weighted by Gasteiger charge is 2.27. The first-order chi connectivity index (χ1) is 11.7. The molecule has 126 valence electrons. The molecule has 3 aromatic rings. The van der Waals surface area contributed by atoms with Crippen molar-refractivity contribution in [1.82, 2.24) is 4.98 Å². The number of thiazole rings is 1. The maximum atomic E-state index is 8.81. The fraction of sp³-hybridized carbons (Fsp3) is 0.333. The van der Waals surface area contributed by atoms with E-state index in [-0.39, 0.29) is 0 Å². The molecule has 3 N–H and O–H groups in total. The van der Waals surface area contributed by atoms with Gasteiger partial charge in [-0.05, 0) is 31.5 Å². The summed E-state index contributed by atoms with van der Waals surface area (Å²) in [5.41, 5.74) is 10.1. The van der Waals surface area contributed by atoms with Crippen LogP contribution in [0.3, 0.4) is 0 Å². The van der Waals surface area contributed by atoms with Crippen LogP contribution in [0.4, 0.5) is 5.00 Å². The highest BCUT2D eigenvalue weighted by molar-refractivity contribution is 7.22. The molecule has 4 nitrogen and oxygen atoms in total. The fourth-order valence-corrected chi connectivity index (χ4v) is 5.38. The van der Waals surface area contributed by atoms with Gasteiger partial charge in [0.15, 0.2) is 0 Å². The van der Waals surface area contributed by atoms with Crippen molar-refractivity contribution in [3.63, 3.8) is 0 Å². The van der Waals surface area contributed by atoms with Crippen molar-refractivity contribution in [1.29, 1.82) is 0 Å². The van der Waals surface area contributed by atoms with E-state index >= 15 is 0 Å². The number of carbonyl (C=O) groups excluding carboxylic acids is 1. The summed E-state index contributed by atoms with van der Waals surface area (Å²) in [7, 11) is 0. The quantitative estimate of drug-likeness (QED) is 0.691. The van der Waals surface area contributed by atoms with Gasteiger partial charge in [-0.15, -0.1) is 22.7 Å². The number of nitrogens with one attached hydrogen (secondary N) is 1. The molecule has 0 saturated carbocycles. The summed E-state index contributed by atoms with van der Waals surface area (Å²) in [6.45, 7) is 7.21. The molecule has 1 aromatic carbocycles. The van der Waals surface area contributed by atoms with Crippen LogP contribution in [-0.2, 0) is 17.8 Å². The molecule has 1 unspecified atom stereocenters. The third-order valence-electron chi connectivity index (χ3n) is 4.26. The number of nitrogens with zero attached hydrogens (tertiary/aromatic N) is 1. The fourth-order valence-electron chi connectivity index (χ4n) is 3.07. The molecule has 24 heavy (non-hydrogen) atoms. The predicted molar refractivity (Wildman–Crippen MR) is 103 cm³/mol. The zero-order valence-electron chi connectivity index (χ0n) is 14.0. The highest BCUT2D eigenvalue weighted by Crippen LogP contribution is 2.42. The number of para-hydroxylation sites is 1.